The van der Waals surface area contributed by atoms with Crippen molar-refractivity contribution >= 4 is 0 Å². The van der Waals surface area contributed by atoms with Crippen molar-refractivity contribution in [2.24, 2.45) is 0 Å². The molecule has 8 heteroatoms. The fourth-order valence-corrected chi connectivity index (χ4v) is 2.30. The molecule has 0 aromatic rings. The van der Waals surface area contributed by atoms with Crippen molar-refractivity contribution in [3.63, 3.8) is 0 Å². The molecule has 0 atom stereocenters. The van der Waals surface area contributed by atoms with Gasteiger partial charge in [-0.25, -0.2) is 9.78 Å². The molecule has 0 aromatic heterocycles. The largest absolute Gasteiger partial charge is 0.233 e. The maximum Gasteiger partial charge on any atom is 0.233 e. The maximum absolute atomic E-state index is 5.88. The summed E-state index contributed by atoms with van der Waals surface area (Å²) in [6.45, 7) is 23.6. The molecule has 0 saturated carbocycles. The average molecular weight is 481 g/mol. The molecular weight excluding hydrogens is 428 g/mol. The van der Waals surface area contributed by atoms with Gasteiger partial charge in [0.2, 0.25) is 17.4 Å². The predicted octanol–water partition coefficient (Wildman–Crippen LogP) is 7.71. The Morgan fingerprint density at radius 3 is 0.636 bits per heavy atom. The minimum Gasteiger partial charge on any atom is -0.228 e. The lowest BCUT2D eigenvalue weighted by molar-refractivity contribution is -0.617. The van der Waals surface area contributed by atoms with E-state index in [1.54, 1.807) is 0 Å². The molecule has 0 radical (unpaired) electrons. The Bertz CT molecular complexity index is 467. The van der Waals surface area contributed by atoms with E-state index in [2.05, 4.69) is 0 Å². The Morgan fingerprint density at radius 2 is 0.485 bits per heavy atom. The monoisotopic (exact) mass is 480 g/mol. The van der Waals surface area contributed by atoms with E-state index in [0.717, 1.165) is 12.8 Å². The first kappa shape index (κ1) is 32.7. The van der Waals surface area contributed by atoms with Gasteiger partial charge in [-0.15, -0.1) is 0 Å². The van der Waals surface area contributed by atoms with Crippen LogP contribution in [0, 0.1) is 0 Å². The first-order chi connectivity index (χ1) is 15.3. The summed E-state index contributed by atoms with van der Waals surface area (Å²) in [5.41, 5.74) is -0.896. The van der Waals surface area contributed by atoms with Gasteiger partial charge in [0.25, 0.3) is 0 Å². The summed E-state index contributed by atoms with van der Waals surface area (Å²) in [5, 5.41) is 0. The molecule has 0 aliphatic rings. The van der Waals surface area contributed by atoms with Crippen LogP contribution in [0.4, 0.5) is 0 Å². The summed E-state index contributed by atoms with van der Waals surface area (Å²) < 4.78 is 0. The van der Waals surface area contributed by atoms with Crippen molar-refractivity contribution < 1.29 is 39.1 Å². The van der Waals surface area contributed by atoms with E-state index in [9.17, 15) is 0 Å². The second-order valence-electron chi connectivity index (χ2n) is 9.75. The lowest BCUT2D eigenvalue weighted by Crippen LogP contribution is -2.46. The normalized spacial score (nSPS) is 14.2. The predicted molar refractivity (Wildman–Crippen MR) is 127 cm³/mol. The van der Waals surface area contributed by atoms with Crippen LogP contribution in [0.25, 0.3) is 0 Å². The number of hydrogen-bond acceptors (Lipinski definition) is 8. The van der Waals surface area contributed by atoms with Gasteiger partial charge in [0.15, 0.2) is 0 Å². The Morgan fingerprint density at radius 1 is 0.303 bits per heavy atom. The third-order valence-corrected chi connectivity index (χ3v) is 6.46. The van der Waals surface area contributed by atoms with E-state index in [1.807, 2.05) is 83.1 Å². The van der Waals surface area contributed by atoms with Crippen LogP contribution in [0.1, 0.15) is 134 Å². The third-order valence-electron chi connectivity index (χ3n) is 6.46. The van der Waals surface area contributed by atoms with E-state index in [4.69, 9.17) is 39.1 Å². The maximum atomic E-state index is 5.88. The van der Waals surface area contributed by atoms with Gasteiger partial charge in [0.1, 0.15) is 0 Å². The molecule has 0 amide bonds. The highest BCUT2D eigenvalue weighted by molar-refractivity contribution is 4.69. The third kappa shape index (κ3) is 10.4. The van der Waals surface area contributed by atoms with Crippen LogP contribution in [-0.4, -0.2) is 28.6 Å². The van der Waals surface area contributed by atoms with Gasteiger partial charge in [0, 0.05) is 38.5 Å². The smallest absolute Gasteiger partial charge is 0.228 e. The van der Waals surface area contributed by atoms with Gasteiger partial charge in [-0.05, 0) is 40.5 Å². The zero-order valence-electron chi connectivity index (χ0n) is 23.4. The fraction of sp³-hybridized carbons (Fsp3) is 1.00. The molecule has 0 N–H and O–H groups in total. The molecule has 0 rings (SSSR count). The first-order valence-corrected chi connectivity index (χ1v) is 12.8. The zero-order chi connectivity index (χ0) is 25.8. The van der Waals surface area contributed by atoms with Crippen molar-refractivity contribution in [2.75, 3.05) is 0 Å². The van der Waals surface area contributed by atoms with Crippen molar-refractivity contribution in [1.29, 1.82) is 0 Å². The Labute approximate surface area is 202 Å². The molecule has 0 spiro atoms. The average Bonchev–Trinajstić information content (AvgIpc) is 2.83. The van der Waals surface area contributed by atoms with Crippen molar-refractivity contribution in [1.82, 2.24) is 0 Å². The summed E-state index contributed by atoms with van der Waals surface area (Å²) in [6, 6.07) is 0. The molecule has 0 bridgehead atoms. The molecule has 0 aromatic carbocycles. The number of rotatable bonds is 20. The Kier molecular flexibility index (Phi) is 14.2. The van der Waals surface area contributed by atoms with Gasteiger partial charge in [-0.2, -0.15) is 29.3 Å². The van der Waals surface area contributed by atoms with Gasteiger partial charge in [-0.3, -0.25) is 0 Å². The van der Waals surface area contributed by atoms with E-state index in [1.165, 1.54) is 0 Å². The van der Waals surface area contributed by atoms with E-state index in [0.29, 0.717) is 38.5 Å². The minimum atomic E-state index is -1.17. The van der Waals surface area contributed by atoms with Crippen LogP contribution in [-0.2, 0) is 39.1 Å². The topological polar surface area (TPSA) is 73.8 Å². The quantitative estimate of drug-likeness (QED) is 0.0996. The molecule has 0 heterocycles. The Balaban J connectivity index is 5.41. The summed E-state index contributed by atoms with van der Waals surface area (Å²) >= 11 is 0. The Hall–Kier alpha value is -0.320. The van der Waals surface area contributed by atoms with Crippen molar-refractivity contribution in [3.8, 4) is 0 Å². The van der Waals surface area contributed by atoms with Gasteiger partial charge in [-0.1, -0.05) is 55.4 Å². The van der Waals surface area contributed by atoms with Crippen LogP contribution in [0.5, 0.6) is 0 Å². The van der Waals surface area contributed by atoms with E-state index >= 15 is 0 Å². The summed E-state index contributed by atoms with van der Waals surface area (Å²) in [6.07, 6.45) is 4.59. The molecule has 8 nitrogen and oxygen atoms in total. The van der Waals surface area contributed by atoms with Crippen LogP contribution in [0.3, 0.4) is 0 Å². The molecule has 0 fully saturated rings. The van der Waals surface area contributed by atoms with Crippen LogP contribution in [0.2, 0.25) is 0 Å². The fourth-order valence-electron chi connectivity index (χ4n) is 2.30. The van der Waals surface area contributed by atoms with Crippen molar-refractivity contribution in [3.05, 3.63) is 0 Å². The zero-order valence-corrected chi connectivity index (χ0v) is 23.4. The van der Waals surface area contributed by atoms with Crippen LogP contribution in [0.15, 0.2) is 0 Å². The lowest BCUT2D eigenvalue weighted by atomic mass is 10.1. The van der Waals surface area contributed by atoms with Gasteiger partial charge >= 0.3 is 0 Å². The molecule has 0 saturated heterocycles. The highest BCUT2D eigenvalue weighted by atomic mass is 17.4. The molecule has 0 aliphatic carbocycles. The molecular formula is C25H52O8. The highest BCUT2D eigenvalue weighted by Gasteiger charge is 2.43. The lowest BCUT2D eigenvalue weighted by Gasteiger charge is -2.39. The van der Waals surface area contributed by atoms with Gasteiger partial charge < -0.3 is 0 Å². The molecule has 0 aliphatic heterocycles. The molecule has 33 heavy (non-hydrogen) atoms. The molecule has 200 valence electrons. The van der Waals surface area contributed by atoms with Crippen molar-refractivity contribution in [2.45, 2.75) is 163 Å². The highest BCUT2D eigenvalue weighted by Crippen LogP contribution is 2.34. The second-order valence-corrected chi connectivity index (χ2v) is 9.75. The SMILES string of the molecule is CCC(C)(C)OOC(CC)(CC)OOC(CC)(CC)OOC(CC)(CC)OOC(C)(C)CC. The first-order valence-electron chi connectivity index (χ1n) is 12.8. The minimum absolute atomic E-state index is 0.448. The second kappa shape index (κ2) is 14.3. The van der Waals surface area contributed by atoms with Gasteiger partial charge in [0.05, 0.1) is 11.2 Å². The summed E-state index contributed by atoms with van der Waals surface area (Å²) in [7, 11) is 0. The number of hydrogen-bond donors (Lipinski definition) is 0. The van der Waals surface area contributed by atoms with E-state index in [-0.39, 0.29) is 0 Å². The van der Waals surface area contributed by atoms with Crippen LogP contribution < -0.4 is 0 Å². The van der Waals surface area contributed by atoms with Crippen LogP contribution >= 0.6 is 0 Å². The standard InChI is InChI=1S/C25H52O8/c1-13-21(9,10)26-28-23(15-3,16-4)30-32-25(19-7,20-8)33-31-24(17-5,18-6)29-27-22(11,12)14-2/h13-20H2,1-12H3. The molecule has 0 unspecified atom stereocenters. The van der Waals surface area contributed by atoms with E-state index < -0.39 is 28.6 Å². The summed E-state index contributed by atoms with van der Waals surface area (Å²) in [4.78, 5) is 46.3. The summed E-state index contributed by atoms with van der Waals surface area (Å²) in [5.74, 6) is -3.33.